The molecule has 2 heterocycles. The molecule has 1 aliphatic rings. The van der Waals surface area contributed by atoms with E-state index in [2.05, 4.69) is 10.3 Å². The van der Waals surface area contributed by atoms with Gasteiger partial charge < -0.3 is 10.2 Å². The van der Waals surface area contributed by atoms with Crippen molar-refractivity contribution in [2.24, 2.45) is 0 Å². The minimum absolute atomic E-state index is 0.113. The maximum atomic E-state index is 12.6. The molecule has 1 saturated heterocycles. The van der Waals surface area contributed by atoms with Crippen LogP contribution in [0.4, 0.5) is 11.4 Å². The zero-order valence-corrected chi connectivity index (χ0v) is 14.2. The van der Waals surface area contributed by atoms with Crippen molar-refractivity contribution in [3.63, 3.8) is 0 Å². The Labute approximate surface area is 141 Å². The Morgan fingerprint density at radius 3 is 2.67 bits per heavy atom. The average molecular weight is 323 g/mol. The summed E-state index contributed by atoms with van der Waals surface area (Å²) in [5, 5.41) is 2.95. The first-order chi connectivity index (χ1) is 11.5. The molecule has 0 spiro atoms. The number of nitrogens with zero attached hydrogens (tertiary/aromatic N) is 2. The van der Waals surface area contributed by atoms with Gasteiger partial charge in [0.1, 0.15) is 0 Å². The SMILES string of the molecule is Cc1cc(C)c(NC(=O)c2cccc(N3CCCC3=O)c2)c(C)n1. The maximum Gasteiger partial charge on any atom is 0.255 e. The van der Waals surface area contributed by atoms with Gasteiger partial charge in [0, 0.05) is 29.9 Å². The smallest absolute Gasteiger partial charge is 0.255 e. The molecule has 1 aromatic heterocycles. The fraction of sp³-hybridized carbons (Fsp3) is 0.316. The van der Waals surface area contributed by atoms with Gasteiger partial charge in [0.25, 0.3) is 5.91 Å². The van der Waals surface area contributed by atoms with E-state index in [1.165, 1.54) is 0 Å². The molecule has 0 bridgehead atoms. The molecule has 24 heavy (non-hydrogen) atoms. The number of aromatic nitrogens is 1. The summed E-state index contributed by atoms with van der Waals surface area (Å²) in [6.45, 7) is 6.48. The summed E-state index contributed by atoms with van der Waals surface area (Å²) < 4.78 is 0. The van der Waals surface area contributed by atoms with Gasteiger partial charge in [-0.2, -0.15) is 0 Å². The van der Waals surface area contributed by atoms with Gasteiger partial charge in [-0.1, -0.05) is 6.07 Å². The third kappa shape index (κ3) is 3.15. The molecule has 1 fully saturated rings. The minimum atomic E-state index is -0.194. The third-order valence-electron chi connectivity index (χ3n) is 4.26. The van der Waals surface area contributed by atoms with Crippen molar-refractivity contribution in [2.75, 3.05) is 16.8 Å². The maximum absolute atomic E-state index is 12.6. The number of amides is 2. The standard InChI is InChI=1S/C19H21N3O2/c1-12-10-13(2)20-14(3)18(12)21-19(24)15-6-4-7-16(11-15)22-9-5-8-17(22)23/h4,6-7,10-11H,5,8-9H2,1-3H3,(H,21,24). The summed E-state index contributed by atoms with van der Waals surface area (Å²) in [5.41, 5.74) is 4.77. The molecule has 0 unspecified atom stereocenters. The molecule has 3 rings (SSSR count). The third-order valence-corrected chi connectivity index (χ3v) is 4.26. The molecular weight excluding hydrogens is 302 g/mol. The number of hydrogen-bond acceptors (Lipinski definition) is 3. The summed E-state index contributed by atoms with van der Waals surface area (Å²) in [4.78, 5) is 30.6. The molecule has 0 saturated carbocycles. The highest BCUT2D eigenvalue weighted by Crippen LogP contribution is 2.24. The van der Waals surface area contributed by atoms with Gasteiger partial charge in [0.15, 0.2) is 0 Å². The summed E-state index contributed by atoms with van der Waals surface area (Å²) >= 11 is 0. The molecule has 1 aliphatic heterocycles. The van der Waals surface area contributed by atoms with Gasteiger partial charge in [-0.3, -0.25) is 14.6 Å². The number of hydrogen-bond donors (Lipinski definition) is 1. The first-order valence-corrected chi connectivity index (χ1v) is 8.12. The van der Waals surface area contributed by atoms with Crippen molar-refractivity contribution >= 4 is 23.2 Å². The van der Waals surface area contributed by atoms with Gasteiger partial charge in [0.05, 0.1) is 11.4 Å². The molecule has 0 aliphatic carbocycles. The fourth-order valence-electron chi connectivity index (χ4n) is 3.13. The number of benzene rings is 1. The second kappa shape index (κ2) is 6.43. The lowest BCUT2D eigenvalue weighted by Crippen LogP contribution is -2.24. The van der Waals surface area contributed by atoms with E-state index in [1.54, 1.807) is 17.0 Å². The van der Waals surface area contributed by atoms with Crippen LogP contribution in [0.25, 0.3) is 0 Å². The quantitative estimate of drug-likeness (QED) is 0.942. The summed E-state index contributed by atoms with van der Waals surface area (Å²) in [7, 11) is 0. The summed E-state index contributed by atoms with van der Waals surface area (Å²) in [6.07, 6.45) is 1.44. The number of anilines is 2. The molecule has 5 heteroatoms. The lowest BCUT2D eigenvalue weighted by atomic mass is 10.1. The van der Waals surface area contributed by atoms with E-state index in [1.807, 2.05) is 39.0 Å². The van der Waals surface area contributed by atoms with E-state index in [-0.39, 0.29) is 11.8 Å². The van der Waals surface area contributed by atoms with Crippen LogP contribution in [-0.2, 0) is 4.79 Å². The van der Waals surface area contributed by atoms with Gasteiger partial charge in [-0.15, -0.1) is 0 Å². The van der Waals surface area contributed by atoms with Crippen molar-refractivity contribution in [3.8, 4) is 0 Å². The lowest BCUT2D eigenvalue weighted by Gasteiger charge is -2.17. The summed E-state index contributed by atoms with van der Waals surface area (Å²) in [5.74, 6) is -0.0812. The first kappa shape index (κ1) is 16.2. The zero-order valence-electron chi connectivity index (χ0n) is 14.2. The van der Waals surface area contributed by atoms with Crippen molar-refractivity contribution < 1.29 is 9.59 Å². The van der Waals surface area contributed by atoms with Crippen LogP contribution in [0, 0.1) is 20.8 Å². The molecular formula is C19H21N3O2. The van der Waals surface area contributed by atoms with Crippen molar-refractivity contribution in [1.82, 2.24) is 4.98 Å². The van der Waals surface area contributed by atoms with E-state index < -0.39 is 0 Å². The van der Waals surface area contributed by atoms with Crippen molar-refractivity contribution in [1.29, 1.82) is 0 Å². The Balaban J connectivity index is 1.85. The number of carbonyl (C=O) groups excluding carboxylic acids is 2. The molecule has 0 atom stereocenters. The van der Waals surface area contributed by atoms with Crippen LogP contribution in [-0.4, -0.2) is 23.3 Å². The average Bonchev–Trinajstić information content (AvgIpc) is 2.97. The van der Waals surface area contributed by atoms with E-state index in [0.717, 1.165) is 34.7 Å². The number of aryl methyl sites for hydroxylation is 3. The normalized spacial score (nSPS) is 14.1. The largest absolute Gasteiger partial charge is 0.320 e. The van der Waals surface area contributed by atoms with Crippen molar-refractivity contribution in [2.45, 2.75) is 33.6 Å². The van der Waals surface area contributed by atoms with Gasteiger partial charge in [0.2, 0.25) is 5.91 Å². The Bertz CT molecular complexity index is 791. The highest BCUT2D eigenvalue weighted by atomic mass is 16.2. The highest BCUT2D eigenvalue weighted by molar-refractivity contribution is 6.06. The number of rotatable bonds is 3. The van der Waals surface area contributed by atoms with E-state index in [9.17, 15) is 9.59 Å². The summed E-state index contributed by atoms with van der Waals surface area (Å²) in [6, 6.07) is 9.14. The zero-order chi connectivity index (χ0) is 17.3. The molecule has 2 amide bonds. The first-order valence-electron chi connectivity index (χ1n) is 8.12. The second-order valence-corrected chi connectivity index (χ2v) is 6.19. The predicted octanol–water partition coefficient (Wildman–Crippen LogP) is 3.39. The predicted molar refractivity (Wildman–Crippen MR) is 94.4 cm³/mol. The van der Waals surface area contributed by atoms with E-state index in [0.29, 0.717) is 18.5 Å². The second-order valence-electron chi connectivity index (χ2n) is 6.19. The Morgan fingerprint density at radius 1 is 1.21 bits per heavy atom. The fourth-order valence-corrected chi connectivity index (χ4v) is 3.13. The lowest BCUT2D eigenvalue weighted by molar-refractivity contribution is -0.117. The van der Waals surface area contributed by atoms with Crippen LogP contribution in [0.15, 0.2) is 30.3 Å². The van der Waals surface area contributed by atoms with Gasteiger partial charge in [-0.25, -0.2) is 0 Å². The van der Waals surface area contributed by atoms with Gasteiger partial charge in [-0.05, 0) is 57.0 Å². The van der Waals surface area contributed by atoms with Crippen LogP contribution < -0.4 is 10.2 Å². The molecule has 0 radical (unpaired) electrons. The number of pyridine rings is 1. The van der Waals surface area contributed by atoms with E-state index >= 15 is 0 Å². The van der Waals surface area contributed by atoms with Crippen LogP contribution in [0.3, 0.4) is 0 Å². The Hall–Kier alpha value is -2.69. The van der Waals surface area contributed by atoms with Crippen LogP contribution in [0.2, 0.25) is 0 Å². The molecule has 124 valence electrons. The Morgan fingerprint density at radius 2 is 2.00 bits per heavy atom. The van der Waals surface area contributed by atoms with Crippen LogP contribution >= 0.6 is 0 Å². The monoisotopic (exact) mass is 323 g/mol. The molecule has 1 N–H and O–H groups in total. The topological polar surface area (TPSA) is 62.3 Å². The minimum Gasteiger partial charge on any atom is -0.320 e. The van der Waals surface area contributed by atoms with E-state index in [4.69, 9.17) is 0 Å². The molecule has 1 aromatic carbocycles. The van der Waals surface area contributed by atoms with Crippen molar-refractivity contribution in [3.05, 3.63) is 52.8 Å². The highest BCUT2D eigenvalue weighted by Gasteiger charge is 2.22. The number of nitrogens with one attached hydrogen (secondary N) is 1. The Kier molecular flexibility index (Phi) is 4.34. The van der Waals surface area contributed by atoms with Crippen LogP contribution in [0.1, 0.15) is 40.2 Å². The van der Waals surface area contributed by atoms with Gasteiger partial charge >= 0.3 is 0 Å². The number of carbonyl (C=O) groups is 2. The molecule has 2 aromatic rings. The van der Waals surface area contributed by atoms with Crippen LogP contribution in [0.5, 0.6) is 0 Å². The molecule has 5 nitrogen and oxygen atoms in total.